The van der Waals surface area contributed by atoms with Gasteiger partial charge in [0.25, 0.3) is 0 Å². The SMILES string of the molecule is NC(=NC1CC(N)C(OC2OC(CNCC(O)CO)CCC2N)C(O)C1OC1OC(CO)C(O)C(N)C1O)C(O)C(O)CO. The molecule has 3 rings (SSSR count). The van der Waals surface area contributed by atoms with E-state index >= 15 is 0 Å². The Morgan fingerprint density at radius 2 is 1.55 bits per heavy atom. The van der Waals surface area contributed by atoms with Crippen molar-refractivity contribution >= 4 is 5.84 Å². The fourth-order valence-electron chi connectivity index (χ4n) is 5.43. The third-order valence-electron chi connectivity index (χ3n) is 8.14. The topological polar surface area (TPSA) is 347 Å². The summed E-state index contributed by atoms with van der Waals surface area (Å²) in [5.41, 5.74) is 24.5. The quantitative estimate of drug-likeness (QED) is 0.0617. The van der Waals surface area contributed by atoms with Gasteiger partial charge in [0.2, 0.25) is 0 Å². The molecule has 18 N–H and O–H groups in total. The number of aliphatic hydroxyl groups is 9. The van der Waals surface area contributed by atoms with Gasteiger partial charge in [-0.3, -0.25) is 4.99 Å². The highest BCUT2D eigenvalue weighted by Crippen LogP contribution is 2.32. The molecule has 3 aliphatic rings. The van der Waals surface area contributed by atoms with Gasteiger partial charge in [0.15, 0.2) is 12.6 Å². The Morgan fingerprint density at radius 1 is 0.864 bits per heavy atom. The Labute approximate surface area is 254 Å². The van der Waals surface area contributed by atoms with Crippen molar-refractivity contribution in [3.05, 3.63) is 0 Å². The Morgan fingerprint density at radius 3 is 2.18 bits per heavy atom. The molecular formula is C25H50N6O13. The van der Waals surface area contributed by atoms with Crippen LogP contribution in [0.3, 0.4) is 0 Å². The summed E-state index contributed by atoms with van der Waals surface area (Å²) in [5, 5.41) is 92.8. The van der Waals surface area contributed by atoms with Crippen LogP contribution >= 0.6 is 0 Å². The second-order valence-electron chi connectivity index (χ2n) is 11.6. The van der Waals surface area contributed by atoms with Crippen LogP contribution in [0.25, 0.3) is 0 Å². The molecule has 1 saturated carbocycles. The maximum absolute atomic E-state index is 11.5. The molecule has 3 fully saturated rings. The van der Waals surface area contributed by atoms with Gasteiger partial charge < -0.3 is 93.2 Å². The first-order valence-corrected chi connectivity index (χ1v) is 14.7. The Kier molecular flexibility index (Phi) is 14.5. The molecule has 0 radical (unpaired) electrons. The van der Waals surface area contributed by atoms with Crippen molar-refractivity contribution in [3.63, 3.8) is 0 Å². The summed E-state index contributed by atoms with van der Waals surface area (Å²) >= 11 is 0. The molecule has 1 aliphatic carbocycles. The molecule has 2 aliphatic heterocycles. The Bertz CT molecular complexity index is 895. The predicted molar refractivity (Wildman–Crippen MR) is 150 cm³/mol. The van der Waals surface area contributed by atoms with Crippen molar-refractivity contribution in [1.29, 1.82) is 0 Å². The van der Waals surface area contributed by atoms with Crippen molar-refractivity contribution in [2.75, 3.05) is 32.9 Å². The van der Waals surface area contributed by atoms with Crippen LogP contribution in [0.15, 0.2) is 4.99 Å². The van der Waals surface area contributed by atoms with Crippen LogP contribution in [-0.4, -0.2) is 182 Å². The normalized spacial score (nSPS) is 42.5. The highest BCUT2D eigenvalue weighted by atomic mass is 16.7. The molecule has 0 spiro atoms. The molecule has 44 heavy (non-hydrogen) atoms. The third kappa shape index (κ3) is 9.20. The lowest BCUT2D eigenvalue weighted by Gasteiger charge is -2.47. The molecule has 2 heterocycles. The summed E-state index contributed by atoms with van der Waals surface area (Å²) in [5.74, 6) is -0.492. The molecule has 0 aromatic rings. The first-order valence-electron chi connectivity index (χ1n) is 14.7. The molecule has 19 heteroatoms. The van der Waals surface area contributed by atoms with Gasteiger partial charge in [0.05, 0.1) is 50.2 Å². The number of ether oxygens (including phenoxy) is 4. The highest BCUT2D eigenvalue weighted by molar-refractivity contribution is 5.85. The van der Waals surface area contributed by atoms with Gasteiger partial charge in [-0.1, -0.05) is 0 Å². The molecule has 19 nitrogen and oxygen atoms in total. The predicted octanol–water partition coefficient (Wildman–Crippen LogP) is -8.17. The molecule has 0 bridgehead atoms. The average Bonchev–Trinajstić information content (AvgIpc) is 3.01. The third-order valence-corrected chi connectivity index (χ3v) is 8.14. The van der Waals surface area contributed by atoms with E-state index < -0.39 is 117 Å². The van der Waals surface area contributed by atoms with E-state index in [1.54, 1.807) is 0 Å². The van der Waals surface area contributed by atoms with Crippen molar-refractivity contribution in [2.24, 2.45) is 27.9 Å². The lowest BCUT2D eigenvalue weighted by atomic mass is 9.83. The number of nitrogens with one attached hydrogen (secondary N) is 1. The fraction of sp³-hybridized carbons (Fsp3) is 0.960. The van der Waals surface area contributed by atoms with E-state index in [9.17, 15) is 40.9 Å². The van der Waals surface area contributed by atoms with Crippen LogP contribution in [0.1, 0.15) is 19.3 Å². The van der Waals surface area contributed by atoms with Crippen molar-refractivity contribution < 1.29 is 64.9 Å². The van der Waals surface area contributed by atoms with E-state index in [-0.39, 0.29) is 19.1 Å². The maximum atomic E-state index is 11.5. The maximum Gasteiger partial charge on any atom is 0.186 e. The van der Waals surface area contributed by atoms with Crippen molar-refractivity contribution in [2.45, 2.75) is 117 Å². The largest absolute Gasteiger partial charge is 0.394 e. The van der Waals surface area contributed by atoms with Gasteiger partial charge in [-0.05, 0) is 19.3 Å². The van der Waals surface area contributed by atoms with Crippen LogP contribution in [0.4, 0.5) is 0 Å². The Balaban J connectivity index is 1.81. The van der Waals surface area contributed by atoms with Gasteiger partial charge in [-0.25, -0.2) is 0 Å². The molecule has 16 unspecified atom stereocenters. The van der Waals surface area contributed by atoms with E-state index in [0.717, 1.165) is 0 Å². The fourth-order valence-corrected chi connectivity index (χ4v) is 5.43. The van der Waals surface area contributed by atoms with E-state index in [4.69, 9.17) is 47.0 Å². The van der Waals surface area contributed by atoms with E-state index in [1.807, 2.05) is 0 Å². The number of aliphatic hydroxyl groups excluding tert-OH is 9. The molecule has 258 valence electrons. The summed E-state index contributed by atoms with van der Waals surface area (Å²) in [6, 6.07) is -3.91. The van der Waals surface area contributed by atoms with Gasteiger partial charge in [-0.15, -0.1) is 0 Å². The lowest BCUT2D eigenvalue weighted by molar-refractivity contribution is -0.312. The average molecular weight is 643 g/mol. The van der Waals surface area contributed by atoms with E-state index in [0.29, 0.717) is 19.4 Å². The number of nitrogens with two attached hydrogens (primary N) is 4. The monoisotopic (exact) mass is 642 g/mol. The van der Waals surface area contributed by atoms with E-state index in [2.05, 4.69) is 10.3 Å². The lowest BCUT2D eigenvalue weighted by Crippen LogP contribution is -2.66. The van der Waals surface area contributed by atoms with Crippen LogP contribution < -0.4 is 28.3 Å². The van der Waals surface area contributed by atoms with Gasteiger partial charge >= 0.3 is 0 Å². The van der Waals surface area contributed by atoms with Gasteiger partial charge in [0, 0.05) is 19.1 Å². The van der Waals surface area contributed by atoms with Gasteiger partial charge in [0.1, 0.15) is 54.7 Å². The van der Waals surface area contributed by atoms with Crippen LogP contribution in [-0.2, 0) is 18.9 Å². The zero-order valence-electron chi connectivity index (χ0n) is 24.3. The number of amidine groups is 1. The summed E-state index contributed by atoms with van der Waals surface area (Å²) < 4.78 is 23.6. The molecule has 0 amide bonds. The van der Waals surface area contributed by atoms with Crippen molar-refractivity contribution in [3.8, 4) is 0 Å². The Hall–Kier alpha value is -1.21. The van der Waals surface area contributed by atoms with Crippen LogP contribution in [0.2, 0.25) is 0 Å². The second-order valence-corrected chi connectivity index (χ2v) is 11.6. The first-order chi connectivity index (χ1) is 20.8. The number of hydrogen-bond donors (Lipinski definition) is 14. The molecule has 0 aromatic heterocycles. The minimum atomic E-state index is -1.76. The number of aliphatic imine (C=N–C) groups is 1. The smallest absolute Gasteiger partial charge is 0.186 e. The summed E-state index contributed by atoms with van der Waals surface area (Å²) in [7, 11) is 0. The second kappa shape index (κ2) is 17.1. The van der Waals surface area contributed by atoms with Crippen molar-refractivity contribution in [1.82, 2.24) is 5.32 Å². The minimum absolute atomic E-state index is 0.0675. The minimum Gasteiger partial charge on any atom is -0.394 e. The zero-order valence-corrected chi connectivity index (χ0v) is 24.3. The van der Waals surface area contributed by atoms with Gasteiger partial charge in [-0.2, -0.15) is 0 Å². The number of hydrogen-bond acceptors (Lipinski definition) is 18. The zero-order chi connectivity index (χ0) is 32.7. The summed E-state index contributed by atoms with van der Waals surface area (Å²) in [6.07, 6.45) is -14.7. The van der Waals surface area contributed by atoms with E-state index in [1.165, 1.54) is 0 Å². The highest BCUT2D eigenvalue weighted by Gasteiger charge is 2.51. The van der Waals surface area contributed by atoms with Crippen LogP contribution in [0, 0.1) is 0 Å². The standard InChI is InChI=1S/C25H50N6O13/c26-11-2-1-10(5-30-4-9(35)6-32)41-24(11)43-21-12(27)3-13(31-23(29)17(37)14(36)7-33)22(20(21)40)44-25-19(39)16(28)18(38)15(8-34)42-25/h9-22,24-25,30,32-40H,1-8,26-28H2,(H2,29,31). The number of nitrogens with zero attached hydrogens (tertiary/aromatic N) is 1. The summed E-state index contributed by atoms with van der Waals surface area (Å²) in [6.45, 7) is -1.41. The van der Waals surface area contributed by atoms with Crippen LogP contribution in [0.5, 0.6) is 0 Å². The molecule has 0 aromatic carbocycles. The molecular weight excluding hydrogens is 592 g/mol. The number of rotatable bonds is 14. The first kappa shape index (κ1) is 37.2. The summed E-state index contributed by atoms with van der Waals surface area (Å²) in [4.78, 5) is 4.20. The molecule has 16 atom stereocenters. The molecule has 2 saturated heterocycles.